The lowest BCUT2D eigenvalue weighted by Crippen LogP contribution is -2.45. The van der Waals surface area contributed by atoms with Gasteiger partial charge in [0.05, 0.1) is 3.79 Å². The number of hydrogen-bond acceptors (Lipinski definition) is 4. The summed E-state index contributed by atoms with van der Waals surface area (Å²) in [6, 6.07) is 4.02. The fourth-order valence-corrected chi connectivity index (χ4v) is 4.51. The van der Waals surface area contributed by atoms with Crippen LogP contribution in [-0.2, 0) is 21.4 Å². The van der Waals surface area contributed by atoms with Gasteiger partial charge in [0.1, 0.15) is 0 Å². The predicted molar refractivity (Wildman–Crippen MR) is 86.1 cm³/mol. The van der Waals surface area contributed by atoms with Crippen molar-refractivity contribution >= 4 is 43.4 Å². The van der Waals surface area contributed by atoms with Crippen LogP contribution in [0.1, 0.15) is 17.7 Å². The van der Waals surface area contributed by atoms with Gasteiger partial charge in [-0.15, -0.1) is 11.3 Å². The Kier molecular flexibility index (Phi) is 5.78. The topological polar surface area (TPSA) is 92.5 Å². The second-order valence-corrected chi connectivity index (χ2v) is 9.06. The maximum Gasteiger partial charge on any atom is 0.276 e. The lowest BCUT2D eigenvalue weighted by atomic mass is 9.97. The zero-order valence-electron chi connectivity index (χ0n) is 11.4. The summed E-state index contributed by atoms with van der Waals surface area (Å²) in [6.45, 7) is 1.23. The number of amides is 1. The zero-order valence-corrected chi connectivity index (χ0v) is 14.6. The molecule has 0 spiro atoms. The van der Waals surface area contributed by atoms with E-state index in [4.69, 9.17) is 5.14 Å². The molecule has 1 aromatic rings. The molecule has 1 aliphatic rings. The summed E-state index contributed by atoms with van der Waals surface area (Å²) < 4.78 is 24.7. The molecule has 1 saturated heterocycles. The molecule has 1 fully saturated rings. The van der Waals surface area contributed by atoms with Gasteiger partial charge in [-0.2, -0.15) is 12.7 Å². The van der Waals surface area contributed by atoms with Gasteiger partial charge in [-0.25, -0.2) is 5.14 Å². The quantitative estimate of drug-likeness (QED) is 0.780. The second kappa shape index (κ2) is 7.19. The molecule has 2 heterocycles. The van der Waals surface area contributed by atoms with Crippen molar-refractivity contribution in [3.8, 4) is 0 Å². The van der Waals surface area contributed by atoms with Gasteiger partial charge in [0, 0.05) is 30.4 Å². The molecule has 0 saturated carbocycles. The van der Waals surface area contributed by atoms with Gasteiger partial charge in [0.15, 0.2) is 0 Å². The van der Waals surface area contributed by atoms with E-state index in [-0.39, 0.29) is 11.8 Å². The number of nitrogens with one attached hydrogen (secondary N) is 1. The molecule has 118 valence electrons. The van der Waals surface area contributed by atoms with Crippen molar-refractivity contribution in [1.82, 2.24) is 9.62 Å². The van der Waals surface area contributed by atoms with Crippen molar-refractivity contribution in [3.63, 3.8) is 0 Å². The Morgan fingerprint density at radius 3 is 2.62 bits per heavy atom. The third-order valence-corrected chi connectivity index (χ3v) is 6.25. The number of nitrogens with two attached hydrogens (primary N) is 1. The minimum atomic E-state index is -3.63. The minimum Gasteiger partial charge on any atom is -0.355 e. The van der Waals surface area contributed by atoms with E-state index in [0.29, 0.717) is 32.5 Å². The molecule has 3 N–H and O–H groups in total. The average molecular weight is 396 g/mol. The largest absolute Gasteiger partial charge is 0.355 e. The molecule has 9 heteroatoms. The number of halogens is 1. The van der Waals surface area contributed by atoms with Crippen LogP contribution in [0.25, 0.3) is 0 Å². The summed E-state index contributed by atoms with van der Waals surface area (Å²) >= 11 is 5.06. The van der Waals surface area contributed by atoms with Crippen molar-refractivity contribution in [3.05, 3.63) is 20.8 Å². The van der Waals surface area contributed by atoms with Gasteiger partial charge in [0.2, 0.25) is 5.91 Å². The van der Waals surface area contributed by atoms with Crippen LogP contribution in [-0.4, -0.2) is 38.3 Å². The fraction of sp³-hybridized carbons (Fsp3) is 0.583. The number of carbonyl (C=O) groups excluding carboxylic acids is 1. The zero-order chi connectivity index (χ0) is 15.5. The Morgan fingerprint density at radius 2 is 2.10 bits per heavy atom. The maximum absolute atomic E-state index is 12.0. The standard InChI is InChI=1S/C12H18BrN3O3S2/c13-11-2-1-10(20-11)3-6-15-12(17)9-4-7-16(8-5-9)21(14,18)19/h1-2,9H,3-8H2,(H,15,17)(H2,14,18,19). The van der Waals surface area contributed by atoms with Gasteiger partial charge >= 0.3 is 0 Å². The van der Waals surface area contributed by atoms with E-state index < -0.39 is 10.2 Å². The van der Waals surface area contributed by atoms with Gasteiger partial charge in [0.25, 0.3) is 10.2 Å². The average Bonchev–Trinajstić information content (AvgIpc) is 2.83. The van der Waals surface area contributed by atoms with Crippen LogP contribution < -0.4 is 10.5 Å². The molecule has 0 bridgehead atoms. The minimum absolute atomic E-state index is 0.000286. The molecule has 0 unspecified atom stereocenters. The van der Waals surface area contributed by atoms with Crippen molar-refractivity contribution in [2.24, 2.45) is 11.1 Å². The van der Waals surface area contributed by atoms with E-state index in [1.807, 2.05) is 12.1 Å². The molecule has 2 rings (SSSR count). The molecule has 0 aliphatic carbocycles. The molecule has 1 aliphatic heterocycles. The van der Waals surface area contributed by atoms with Gasteiger partial charge in [-0.05, 0) is 47.3 Å². The van der Waals surface area contributed by atoms with Crippen molar-refractivity contribution in [1.29, 1.82) is 0 Å². The number of hydrogen-bond donors (Lipinski definition) is 2. The molecule has 21 heavy (non-hydrogen) atoms. The smallest absolute Gasteiger partial charge is 0.276 e. The molecule has 0 atom stereocenters. The number of rotatable bonds is 5. The normalized spacial score (nSPS) is 17.8. The Bertz CT molecular complexity index is 595. The van der Waals surface area contributed by atoms with E-state index in [1.165, 1.54) is 9.18 Å². The number of nitrogens with zero attached hydrogens (tertiary/aromatic N) is 1. The van der Waals surface area contributed by atoms with Crippen LogP contribution in [0.3, 0.4) is 0 Å². The molecular formula is C12H18BrN3O3S2. The highest BCUT2D eigenvalue weighted by atomic mass is 79.9. The number of carbonyl (C=O) groups is 1. The molecule has 6 nitrogen and oxygen atoms in total. The third kappa shape index (κ3) is 5.03. The molecule has 0 radical (unpaired) electrons. The van der Waals surface area contributed by atoms with E-state index in [0.717, 1.165) is 10.2 Å². The molecule has 1 amide bonds. The highest BCUT2D eigenvalue weighted by Crippen LogP contribution is 2.22. The Balaban J connectivity index is 1.72. The van der Waals surface area contributed by atoms with Crippen molar-refractivity contribution < 1.29 is 13.2 Å². The summed E-state index contributed by atoms with van der Waals surface area (Å²) in [5.74, 6) is -0.127. The van der Waals surface area contributed by atoms with Crippen LogP contribution in [0.15, 0.2) is 15.9 Å². The van der Waals surface area contributed by atoms with E-state index >= 15 is 0 Å². The Labute approximate surface area is 137 Å². The Morgan fingerprint density at radius 1 is 1.43 bits per heavy atom. The van der Waals surface area contributed by atoms with Crippen LogP contribution in [0.5, 0.6) is 0 Å². The number of piperidine rings is 1. The van der Waals surface area contributed by atoms with Gasteiger partial charge in [-0.1, -0.05) is 0 Å². The van der Waals surface area contributed by atoms with Gasteiger partial charge < -0.3 is 5.32 Å². The lowest BCUT2D eigenvalue weighted by Gasteiger charge is -2.29. The van der Waals surface area contributed by atoms with E-state index in [1.54, 1.807) is 11.3 Å². The first-order valence-corrected chi connectivity index (χ1v) is 9.77. The first-order valence-electron chi connectivity index (χ1n) is 6.66. The molecular weight excluding hydrogens is 378 g/mol. The lowest BCUT2D eigenvalue weighted by molar-refractivity contribution is -0.126. The molecule has 1 aromatic heterocycles. The monoisotopic (exact) mass is 395 g/mol. The van der Waals surface area contributed by atoms with Crippen LogP contribution >= 0.6 is 27.3 Å². The summed E-state index contributed by atoms with van der Waals surface area (Å²) in [4.78, 5) is 13.2. The van der Waals surface area contributed by atoms with Crippen LogP contribution in [0, 0.1) is 5.92 Å². The summed E-state index contributed by atoms with van der Waals surface area (Å²) in [6.07, 6.45) is 1.84. The highest BCUT2D eigenvalue weighted by molar-refractivity contribution is 9.11. The summed E-state index contributed by atoms with van der Waals surface area (Å²) in [7, 11) is -3.63. The SMILES string of the molecule is NS(=O)(=O)N1CCC(C(=O)NCCc2ccc(Br)s2)CC1. The van der Waals surface area contributed by atoms with Crippen molar-refractivity contribution in [2.75, 3.05) is 19.6 Å². The van der Waals surface area contributed by atoms with E-state index in [2.05, 4.69) is 21.2 Å². The molecule has 0 aromatic carbocycles. The van der Waals surface area contributed by atoms with Gasteiger partial charge in [-0.3, -0.25) is 4.79 Å². The summed E-state index contributed by atoms with van der Waals surface area (Å²) in [5.41, 5.74) is 0. The Hall–Kier alpha value is -0.480. The van der Waals surface area contributed by atoms with Crippen molar-refractivity contribution in [2.45, 2.75) is 19.3 Å². The van der Waals surface area contributed by atoms with Crippen LogP contribution in [0.4, 0.5) is 0 Å². The first kappa shape index (κ1) is 16.9. The van der Waals surface area contributed by atoms with Crippen LogP contribution in [0.2, 0.25) is 0 Å². The van der Waals surface area contributed by atoms with E-state index in [9.17, 15) is 13.2 Å². The fourth-order valence-electron chi connectivity index (χ4n) is 2.31. The third-order valence-electron chi connectivity index (χ3n) is 3.48. The second-order valence-electron chi connectivity index (χ2n) is 4.97. The summed E-state index contributed by atoms with van der Waals surface area (Å²) in [5, 5.41) is 7.99. The maximum atomic E-state index is 12.0. The highest BCUT2D eigenvalue weighted by Gasteiger charge is 2.28. The predicted octanol–water partition coefficient (Wildman–Crippen LogP) is 1.08. The number of thiophene rings is 1. The first-order chi connectivity index (χ1) is 9.86.